The van der Waals surface area contributed by atoms with E-state index >= 15 is 0 Å². The number of benzene rings is 1. The standard InChI is InChI=1S/C35H45N5O9/c1-16-10-19-11-21-23(13-36)40-22(27(39(21)7)25(19)32(31(16)47-9)48-15-46-8)12-20-26(30(43)29(42)17(2)28(20)41)24(40)14-37-33(44)18(3)38-34(45)49-35(4,5)6/h10,18,21-24,27,41H,11-12,14-15H2,1-9H3,(H,37,44)(H,38,45)/t18-,21-,22?,23-,24-,27-/m0/s1. The van der Waals surface area contributed by atoms with Crippen LogP contribution < -0.4 is 20.1 Å². The van der Waals surface area contributed by atoms with E-state index in [1.165, 1.54) is 21.0 Å². The van der Waals surface area contributed by atoms with Crippen LogP contribution in [0.2, 0.25) is 0 Å². The van der Waals surface area contributed by atoms with Crippen LogP contribution in [-0.2, 0) is 30.3 Å². The second-order valence-electron chi connectivity index (χ2n) is 14.0. The van der Waals surface area contributed by atoms with Gasteiger partial charge in [-0.1, -0.05) is 6.07 Å². The third kappa shape index (κ3) is 6.26. The van der Waals surface area contributed by atoms with Crippen molar-refractivity contribution in [3.63, 3.8) is 0 Å². The number of allylic oxidation sites excluding steroid dienone is 2. The molecule has 1 aliphatic carbocycles. The number of fused-ring (bicyclic) bond motifs is 6. The summed E-state index contributed by atoms with van der Waals surface area (Å²) in [6.45, 7) is 9.71. The molecule has 6 atom stereocenters. The van der Waals surface area contributed by atoms with E-state index in [1.54, 1.807) is 27.9 Å². The van der Waals surface area contributed by atoms with Crippen molar-refractivity contribution in [2.45, 2.75) is 96.2 Å². The molecule has 1 aromatic carbocycles. The van der Waals surface area contributed by atoms with Crippen molar-refractivity contribution in [1.29, 1.82) is 5.26 Å². The van der Waals surface area contributed by atoms with Gasteiger partial charge < -0.3 is 34.7 Å². The van der Waals surface area contributed by atoms with Crippen LogP contribution in [0.5, 0.6) is 11.5 Å². The molecule has 1 saturated heterocycles. The number of hydrogen-bond donors (Lipinski definition) is 3. The average molecular weight is 680 g/mol. The van der Waals surface area contributed by atoms with Gasteiger partial charge in [0.2, 0.25) is 17.5 Å². The largest absolute Gasteiger partial charge is 0.507 e. The molecule has 1 fully saturated rings. The van der Waals surface area contributed by atoms with Crippen molar-refractivity contribution in [2.24, 2.45) is 0 Å². The Labute approximate surface area is 286 Å². The summed E-state index contributed by atoms with van der Waals surface area (Å²) < 4.78 is 22.5. The van der Waals surface area contributed by atoms with Gasteiger partial charge in [0.15, 0.2) is 18.3 Å². The molecule has 264 valence electrons. The number of methoxy groups -OCH3 is 2. The fourth-order valence-corrected chi connectivity index (χ4v) is 7.72. The summed E-state index contributed by atoms with van der Waals surface area (Å²) >= 11 is 0. The third-order valence-electron chi connectivity index (χ3n) is 9.78. The van der Waals surface area contributed by atoms with Gasteiger partial charge in [0.25, 0.3) is 0 Å². The molecule has 14 heteroatoms. The van der Waals surface area contributed by atoms with E-state index in [1.807, 2.05) is 24.9 Å². The van der Waals surface area contributed by atoms with Crippen LogP contribution in [0.15, 0.2) is 28.5 Å². The molecule has 3 heterocycles. The molecule has 3 N–H and O–H groups in total. The quantitative estimate of drug-likeness (QED) is 0.208. The summed E-state index contributed by atoms with van der Waals surface area (Å²) in [5.41, 5.74) is 2.20. The van der Waals surface area contributed by atoms with Crippen LogP contribution in [0, 0.1) is 18.3 Å². The van der Waals surface area contributed by atoms with E-state index in [0.717, 1.165) is 16.7 Å². The molecule has 2 bridgehead atoms. The number of aliphatic hydroxyl groups is 1. The number of carbonyl (C=O) groups is 4. The number of ether oxygens (including phenoxy) is 4. The first-order chi connectivity index (χ1) is 23.1. The number of piperazine rings is 1. The van der Waals surface area contributed by atoms with Crippen molar-refractivity contribution < 1.29 is 43.2 Å². The van der Waals surface area contributed by atoms with E-state index in [4.69, 9.17) is 18.9 Å². The number of amides is 2. The van der Waals surface area contributed by atoms with Gasteiger partial charge in [0.1, 0.15) is 23.4 Å². The van der Waals surface area contributed by atoms with Gasteiger partial charge in [-0.25, -0.2) is 4.79 Å². The first-order valence-corrected chi connectivity index (χ1v) is 16.3. The van der Waals surface area contributed by atoms with Crippen LogP contribution in [-0.4, -0.2) is 109 Å². The number of nitriles is 1. The minimum Gasteiger partial charge on any atom is -0.507 e. The maximum Gasteiger partial charge on any atom is 0.408 e. The molecule has 0 spiro atoms. The highest BCUT2D eigenvalue weighted by molar-refractivity contribution is 6.50. The highest BCUT2D eigenvalue weighted by Crippen LogP contribution is 2.54. The normalized spacial score (nSPS) is 25.8. The number of alkyl carbamates (subject to hydrolysis) is 1. The van der Waals surface area contributed by atoms with Crippen LogP contribution >= 0.6 is 0 Å². The number of ketones is 2. The zero-order chi connectivity index (χ0) is 36.1. The first kappa shape index (κ1) is 35.8. The Bertz CT molecular complexity index is 1690. The Hall–Kier alpha value is -4.45. The molecule has 5 rings (SSSR count). The van der Waals surface area contributed by atoms with Gasteiger partial charge in [0, 0.05) is 48.0 Å². The SMILES string of the molecule is COCOc1c(OC)c(C)cc2c1[C@@H]1C3CC4=C(C(=O)C(=O)C(C)=C4O)[C@H](CNC(=O)[C@H](C)NC(=O)OC(C)(C)C)N3[C@@H](C#N)[C@H](C2)N1C. The number of likely N-dealkylation sites (N-methyl/N-ethyl adjacent to an activating group) is 1. The lowest BCUT2D eigenvalue weighted by molar-refractivity contribution is -0.134. The van der Waals surface area contributed by atoms with E-state index in [0.29, 0.717) is 23.5 Å². The molecule has 49 heavy (non-hydrogen) atoms. The predicted molar refractivity (Wildman–Crippen MR) is 176 cm³/mol. The van der Waals surface area contributed by atoms with E-state index in [2.05, 4.69) is 21.6 Å². The molecule has 1 unspecified atom stereocenters. The fraction of sp³-hybridized carbons (Fsp3) is 0.571. The molecule has 14 nitrogen and oxygen atoms in total. The van der Waals surface area contributed by atoms with Crippen molar-refractivity contribution in [3.8, 4) is 17.6 Å². The van der Waals surface area contributed by atoms with Crippen LogP contribution in [0.25, 0.3) is 0 Å². The molecule has 0 aromatic heterocycles. The highest BCUT2D eigenvalue weighted by Gasteiger charge is 2.57. The maximum absolute atomic E-state index is 13.7. The summed E-state index contributed by atoms with van der Waals surface area (Å²) in [6.07, 6.45) is -0.168. The Kier molecular flexibility index (Phi) is 9.84. The molecule has 3 aliphatic heterocycles. The monoisotopic (exact) mass is 679 g/mol. The van der Waals surface area contributed by atoms with E-state index in [-0.39, 0.29) is 42.7 Å². The lowest BCUT2D eigenvalue weighted by Gasteiger charge is -2.60. The second kappa shape index (κ2) is 13.5. The van der Waals surface area contributed by atoms with E-state index in [9.17, 15) is 29.5 Å². The van der Waals surface area contributed by atoms with Gasteiger partial charge in [-0.05, 0) is 72.6 Å². The molecule has 0 saturated carbocycles. The number of aliphatic hydroxyl groups excluding tert-OH is 1. The summed E-state index contributed by atoms with van der Waals surface area (Å²) in [5.74, 6) is -1.42. The third-order valence-corrected chi connectivity index (χ3v) is 9.78. The van der Waals surface area contributed by atoms with Gasteiger partial charge in [0.05, 0.1) is 25.3 Å². The number of nitrogens with one attached hydrogen (secondary N) is 2. The van der Waals surface area contributed by atoms with Crippen molar-refractivity contribution in [2.75, 3.05) is 34.6 Å². The highest BCUT2D eigenvalue weighted by atomic mass is 16.7. The van der Waals surface area contributed by atoms with E-state index < -0.39 is 59.4 Å². The van der Waals surface area contributed by atoms with Crippen molar-refractivity contribution in [1.82, 2.24) is 20.4 Å². The Balaban J connectivity index is 1.61. The summed E-state index contributed by atoms with van der Waals surface area (Å²) in [6, 6.07) is 0.496. The summed E-state index contributed by atoms with van der Waals surface area (Å²) in [7, 11) is 5.02. The minimum atomic E-state index is -1.01. The molecular weight excluding hydrogens is 634 g/mol. The first-order valence-electron chi connectivity index (χ1n) is 16.3. The lowest BCUT2D eigenvalue weighted by atomic mass is 9.70. The molecule has 1 aromatic rings. The number of aryl methyl sites for hydroxylation is 1. The Morgan fingerprint density at radius 1 is 1.12 bits per heavy atom. The Morgan fingerprint density at radius 3 is 2.43 bits per heavy atom. The number of rotatable bonds is 8. The number of Topliss-reactive ketones (excluding diaryl/α,β-unsaturated/α-hetero) is 2. The number of carbonyl (C=O) groups excluding carboxylic acids is 4. The van der Waals surface area contributed by atoms with Gasteiger partial charge >= 0.3 is 6.09 Å². The average Bonchev–Trinajstić information content (AvgIpc) is 3.03. The molecule has 4 aliphatic rings. The molecular formula is C35H45N5O9. The summed E-state index contributed by atoms with van der Waals surface area (Å²) in [5, 5.41) is 27.4. The van der Waals surface area contributed by atoms with Gasteiger partial charge in [-0.15, -0.1) is 0 Å². The van der Waals surface area contributed by atoms with Gasteiger partial charge in [-0.3, -0.25) is 24.2 Å². The Morgan fingerprint density at radius 2 is 1.82 bits per heavy atom. The fourth-order valence-electron chi connectivity index (χ4n) is 7.72. The molecule has 0 radical (unpaired) electrons. The van der Waals surface area contributed by atoms with Gasteiger partial charge in [-0.2, -0.15) is 5.26 Å². The maximum atomic E-state index is 13.7. The molecule has 2 amide bonds. The predicted octanol–water partition coefficient (Wildman–Crippen LogP) is 2.54. The topological polar surface area (TPSA) is 180 Å². The zero-order valence-corrected chi connectivity index (χ0v) is 29.4. The number of hydrogen-bond acceptors (Lipinski definition) is 12. The minimum absolute atomic E-state index is 0.0415. The van der Waals surface area contributed by atoms with Crippen LogP contribution in [0.3, 0.4) is 0 Å². The zero-order valence-electron chi connectivity index (χ0n) is 29.4. The van der Waals surface area contributed by atoms with Crippen LogP contribution in [0.4, 0.5) is 4.79 Å². The van der Waals surface area contributed by atoms with Crippen molar-refractivity contribution in [3.05, 3.63) is 45.2 Å². The smallest absolute Gasteiger partial charge is 0.408 e. The second-order valence-corrected chi connectivity index (χ2v) is 14.0. The van der Waals surface area contributed by atoms with Crippen LogP contribution in [0.1, 0.15) is 63.8 Å². The number of nitrogens with zero attached hydrogens (tertiary/aromatic N) is 3. The summed E-state index contributed by atoms with van der Waals surface area (Å²) in [4.78, 5) is 56.6. The lowest BCUT2D eigenvalue weighted by Crippen LogP contribution is -2.71. The van der Waals surface area contributed by atoms with Crippen molar-refractivity contribution >= 4 is 23.6 Å².